The second kappa shape index (κ2) is 16.3. The highest BCUT2D eigenvalue weighted by Crippen LogP contribution is 2.30. The molecule has 0 aromatic rings. The predicted octanol–water partition coefficient (Wildman–Crippen LogP) is 1.69. The fourth-order valence-electron chi connectivity index (χ4n) is 5.19. The summed E-state index contributed by atoms with van der Waals surface area (Å²) in [6.45, 7) is 4.73. The van der Waals surface area contributed by atoms with Gasteiger partial charge in [0.1, 0.15) is 6.10 Å². The van der Waals surface area contributed by atoms with Gasteiger partial charge in [0, 0.05) is 51.6 Å². The van der Waals surface area contributed by atoms with Crippen molar-refractivity contribution in [2.45, 2.75) is 57.7 Å². The zero-order chi connectivity index (χ0) is 31.6. The third-order valence-electron chi connectivity index (χ3n) is 7.34. The maximum atomic E-state index is 13.4. The van der Waals surface area contributed by atoms with Gasteiger partial charge in [-0.05, 0) is 37.8 Å². The lowest BCUT2D eigenvalue weighted by molar-refractivity contribution is -0.120. The van der Waals surface area contributed by atoms with E-state index in [-0.39, 0.29) is 29.4 Å². The molecule has 4 N–H and O–H groups in total. The van der Waals surface area contributed by atoms with Gasteiger partial charge in [-0.25, -0.2) is 4.79 Å². The van der Waals surface area contributed by atoms with E-state index in [1.54, 1.807) is 19.1 Å². The van der Waals surface area contributed by atoms with Crippen molar-refractivity contribution < 1.29 is 48.0 Å². The van der Waals surface area contributed by atoms with Gasteiger partial charge in [-0.3, -0.25) is 14.4 Å². The van der Waals surface area contributed by atoms with Crippen molar-refractivity contribution in [1.82, 2.24) is 5.32 Å². The number of carbonyl (C=O) groups is 4. The molecular weight excluding hydrogens is 548 g/mol. The van der Waals surface area contributed by atoms with Gasteiger partial charge in [-0.2, -0.15) is 0 Å². The van der Waals surface area contributed by atoms with Crippen LogP contribution in [-0.4, -0.2) is 94.2 Å². The highest BCUT2D eigenvalue weighted by Gasteiger charge is 2.37. The number of methoxy groups -OCH3 is 4. The van der Waals surface area contributed by atoms with Crippen LogP contribution in [0, 0.1) is 11.8 Å². The molecule has 0 saturated carbocycles. The van der Waals surface area contributed by atoms with Crippen LogP contribution in [0.5, 0.6) is 0 Å². The van der Waals surface area contributed by atoms with Gasteiger partial charge in [-0.1, -0.05) is 31.2 Å². The molecule has 0 spiro atoms. The Kier molecular flexibility index (Phi) is 13.5. The van der Waals surface area contributed by atoms with E-state index < -0.39 is 60.0 Å². The predicted molar refractivity (Wildman–Crippen MR) is 153 cm³/mol. The lowest BCUT2D eigenvalue weighted by atomic mass is 9.83. The highest BCUT2D eigenvalue weighted by molar-refractivity contribution is 6.22. The minimum Gasteiger partial charge on any atom is -0.439 e. The van der Waals surface area contributed by atoms with E-state index in [4.69, 9.17) is 29.4 Å². The molecule has 1 aliphatic heterocycles. The summed E-state index contributed by atoms with van der Waals surface area (Å²) in [6, 6.07) is 0. The number of carbonyl (C=O) groups excluding carboxylic acids is 4. The van der Waals surface area contributed by atoms with Gasteiger partial charge in [0.2, 0.25) is 5.78 Å². The number of aliphatic hydroxyl groups is 1. The van der Waals surface area contributed by atoms with Gasteiger partial charge in [0.25, 0.3) is 5.91 Å². The average molecular weight is 591 g/mol. The summed E-state index contributed by atoms with van der Waals surface area (Å²) in [5, 5.41) is 12.9. The van der Waals surface area contributed by atoms with E-state index in [9.17, 15) is 24.3 Å². The Morgan fingerprint density at radius 2 is 1.71 bits per heavy atom. The molecule has 7 atom stereocenters. The number of hydrogen-bond acceptors (Lipinski definition) is 10. The molecule has 0 saturated heterocycles. The van der Waals surface area contributed by atoms with E-state index in [0.29, 0.717) is 12.0 Å². The second-order valence-corrected chi connectivity index (χ2v) is 10.2. The molecule has 2 rings (SSSR count). The van der Waals surface area contributed by atoms with Crippen molar-refractivity contribution in [3.8, 4) is 0 Å². The van der Waals surface area contributed by atoms with Crippen molar-refractivity contribution in [3.05, 3.63) is 58.9 Å². The number of fused-ring (bicyclic) bond motifs is 2. The second-order valence-electron chi connectivity index (χ2n) is 10.2. The summed E-state index contributed by atoms with van der Waals surface area (Å²) in [6.07, 6.45) is 3.92. The molecule has 2 aliphatic rings. The Hall–Kier alpha value is -3.42. The largest absolute Gasteiger partial charge is 0.439 e. The molecular formula is C30H42N2O10. The maximum absolute atomic E-state index is 13.4. The van der Waals surface area contributed by atoms with Gasteiger partial charge in [-0.15, -0.1) is 0 Å². The quantitative estimate of drug-likeness (QED) is 0.305. The van der Waals surface area contributed by atoms with Crippen LogP contribution in [-0.2, 0) is 38.1 Å². The normalized spacial score (nSPS) is 33.3. The first-order valence-corrected chi connectivity index (χ1v) is 13.5. The van der Waals surface area contributed by atoms with E-state index in [1.807, 2.05) is 6.92 Å². The van der Waals surface area contributed by atoms with Gasteiger partial charge in [0.05, 0.1) is 30.6 Å². The third kappa shape index (κ3) is 8.79. The standard InChI is InChI=1S/C30H42N2O10/c1-16-9-8-10-23(38-4)27(42-30(31)37)17(2)11-19(15-33)28(41-7)24(39-5)12-18(3)26(40-6)21-13-20(34)14-22(25(21)35)32-29(16)36/h8-11,13-14,18-19,23-24,26-28,33H,12,15H2,1-7H3,(H2,31,37)(H,32,36)/b10-8-,16-9+,17-11+/t18-,19+,23-,24-,26+,27-,28+/m0/s1. The van der Waals surface area contributed by atoms with Crippen LogP contribution in [0.2, 0.25) is 0 Å². The van der Waals surface area contributed by atoms with Gasteiger partial charge < -0.3 is 39.8 Å². The number of primary amides is 1. The monoisotopic (exact) mass is 590 g/mol. The number of nitrogens with two attached hydrogens (primary N) is 1. The summed E-state index contributed by atoms with van der Waals surface area (Å²) < 4.78 is 28.2. The SMILES string of the molecule is CO[C@@H]1[C@@H](CO)/C=C(\C)[C@H](OC(N)=O)[C@@H](OC)/C=C\C=C(/C)C(=O)NC2=CC(=O)C=C(C2=O)[C@H](OC)[C@@H](C)C[C@@H]1OC. The summed E-state index contributed by atoms with van der Waals surface area (Å²) in [7, 11) is 5.82. The molecule has 0 fully saturated rings. The Bertz CT molecular complexity index is 1170. The summed E-state index contributed by atoms with van der Waals surface area (Å²) in [4.78, 5) is 50.7. The van der Waals surface area contributed by atoms with Crippen LogP contribution in [0.25, 0.3) is 0 Å². The van der Waals surface area contributed by atoms with Crippen molar-refractivity contribution in [1.29, 1.82) is 0 Å². The van der Waals surface area contributed by atoms with E-state index in [1.165, 1.54) is 53.6 Å². The first kappa shape index (κ1) is 34.8. The number of aliphatic hydroxyl groups excluding tert-OH is 1. The third-order valence-corrected chi connectivity index (χ3v) is 7.34. The Morgan fingerprint density at radius 3 is 2.26 bits per heavy atom. The number of allylic oxidation sites excluding steroid dienone is 5. The van der Waals surface area contributed by atoms with Crippen molar-refractivity contribution in [2.24, 2.45) is 17.6 Å². The summed E-state index contributed by atoms with van der Waals surface area (Å²) >= 11 is 0. The molecule has 1 heterocycles. The topological polar surface area (TPSA) is 173 Å². The smallest absolute Gasteiger partial charge is 0.405 e. The molecule has 0 radical (unpaired) electrons. The van der Waals surface area contributed by atoms with Crippen molar-refractivity contribution in [2.75, 3.05) is 35.0 Å². The number of nitrogens with one attached hydrogen (secondary N) is 1. The molecule has 2 bridgehead atoms. The number of Topliss-reactive ketones (excluding diaryl/α,β-unsaturated/α-hetero) is 1. The molecule has 12 nitrogen and oxygen atoms in total. The lowest BCUT2D eigenvalue weighted by Gasteiger charge is -2.34. The first-order valence-electron chi connectivity index (χ1n) is 13.5. The lowest BCUT2D eigenvalue weighted by Crippen LogP contribution is -2.42. The van der Waals surface area contributed by atoms with Crippen LogP contribution < -0.4 is 11.1 Å². The number of amides is 2. The zero-order valence-electron chi connectivity index (χ0n) is 25.1. The molecule has 2 amide bonds. The highest BCUT2D eigenvalue weighted by atomic mass is 16.6. The average Bonchev–Trinajstić information content (AvgIpc) is 2.95. The summed E-state index contributed by atoms with van der Waals surface area (Å²) in [5.74, 6) is -2.61. The maximum Gasteiger partial charge on any atom is 0.405 e. The Morgan fingerprint density at radius 1 is 1.02 bits per heavy atom. The van der Waals surface area contributed by atoms with Crippen LogP contribution >= 0.6 is 0 Å². The Balaban J connectivity index is 2.70. The fourth-order valence-corrected chi connectivity index (χ4v) is 5.19. The van der Waals surface area contributed by atoms with Gasteiger partial charge in [0.15, 0.2) is 11.9 Å². The van der Waals surface area contributed by atoms with Crippen LogP contribution in [0.3, 0.4) is 0 Å². The van der Waals surface area contributed by atoms with Crippen LogP contribution in [0.15, 0.2) is 58.9 Å². The Labute approximate surface area is 246 Å². The van der Waals surface area contributed by atoms with Crippen molar-refractivity contribution >= 4 is 23.6 Å². The molecule has 0 aromatic heterocycles. The van der Waals surface area contributed by atoms with Gasteiger partial charge >= 0.3 is 6.09 Å². The molecule has 12 heteroatoms. The van der Waals surface area contributed by atoms with E-state index in [0.717, 1.165) is 6.08 Å². The molecule has 0 aromatic carbocycles. The van der Waals surface area contributed by atoms with Crippen LogP contribution in [0.1, 0.15) is 27.2 Å². The fraction of sp³-hybridized carbons (Fsp3) is 0.533. The molecule has 0 unspecified atom stereocenters. The molecule has 232 valence electrons. The van der Waals surface area contributed by atoms with E-state index >= 15 is 0 Å². The number of ether oxygens (including phenoxy) is 5. The summed E-state index contributed by atoms with van der Waals surface area (Å²) in [5.41, 5.74) is 6.03. The molecule has 42 heavy (non-hydrogen) atoms. The zero-order valence-corrected chi connectivity index (χ0v) is 25.1. The number of ketones is 2. The molecule has 1 aliphatic carbocycles. The van der Waals surface area contributed by atoms with E-state index in [2.05, 4.69) is 5.32 Å². The first-order chi connectivity index (χ1) is 19.9. The van der Waals surface area contributed by atoms with Crippen LogP contribution in [0.4, 0.5) is 4.79 Å². The van der Waals surface area contributed by atoms with Crippen molar-refractivity contribution in [3.63, 3.8) is 0 Å². The minimum atomic E-state index is -1.03. The minimum absolute atomic E-state index is 0.0971. The number of rotatable bonds is 6. The number of hydrogen-bond donors (Lipinski definition) is 3.